The van der Waals surface area contributed by atoms with Gasteiger partial charge in [-0.25, -0.2) is 0 Å². The Morgan fingerprint density at radius 2 is 2.00 bits per heavy atom. The fourth-order valence-corrected chi connectivity index (χ4v) is 0.954. The third-order valence-electron chi connectivity index (χ3n) is 2.26. The van der Waals surface area contributed by atoms with Crippen molar-refractivity contribution in [3.63, 3.8) is 0 Å². The Kier molecular flexibility index (Phi) is 6.03. The fraction of sp³-hybridized carbons (Fsp3) is 0.800. The zero-order valence-corrected chi connectivity index (χ0v) is 8.25. The molecule has 0 spiro atoms. The Morgan fingerprint density at radius 3 is 2.42 bits per heavy atom. The van der Waals surface area contributed by atoms with Crippen LogP contribution in [0.3, 0.4) is 0 Å². The summed E-state index contributed by atoms with van der Waals surface area (Å²) in [5.41, 5.74) is 1.20. The summed E-state index contributed by atoms with van der Waals surface area (Å²) in [5, 5.41) is 17.8. The highest BCUT2D eigenvalue weighted by Crippen LogP contribution is 2.14. The highest BCUT2D eigenvalue weighted by Gasteiger charge is 2.07. The van der Waals surface area contributed by atoms with Crippen molar-refractivity contribution in [3.8, 4) is 0 Å². The van der Waals surface area contributed by atoms with E-state index in [0.29, 0.717) is 5.92 Å². The monoisotopic (exact) mass is 172 g/mol. The predicted molar refractivity (Wildman–Crippen MR) is 50.9 cm³/mol. The second-order valence-electron chi connectivity index (χ2n) is 3.49. The standard InChI is InChI=1S/C10H20O2/c1-8(6-7-11)4-5-9(2)10(3)12/h6,9-12H,4-5,7H2,1-3H3/b8-6+. The predicted octanol–water partition coefficient (Wildman–Crippen LogP) is 1.72. The van der Waals surface area contributed by atoms with Crippen molar-refractivity contribution in [2.24, 2.45) is 5.92 Å². The van der Waals surface area contributed by atoms with Gasteiger partial charge in [-0.1, -0.05) is 18.6 Å². The van der Waals surface area contributed by atoms with E-state index in [2.05, 4.69) is 0 Å². The molecular weight excluding hydrogens is 152 g/mol. The van der Waals surface area contributed by atoms with Crippen LogP contribution in [0.1, 0.15) is 33.6 Å². The molecule has 2 N–H and O–H groups in total. The SMILES string of the molecule is C/C(=C\CO)CCC(C)C(C)O. The second kappa shape index (κ2) is 6.21. The van der Waals surface area contributed by atoms with Gasteiger partial charge in [0.05, 0.1) is 12.7 Å². The van der Waals surface area contributed by atoms with Crippen LogP contribution in [0.5, 0.6) is 0 Å². The van der Waals surface area contributed by atoms with Crippen molar-refractivity contribution in [3.05, 3.63) is 11.6 Å². The largest absolute Gasteiger partial charge is 0.393 e. The molecule has 0 fully saturated rings. The molecule has 0 heterocycles. The molecule has 0 aliphatic carbocycles. The van der Waals surface area contributed by atoms with Crippen molar-refractivity contribution in [1.82, 2.24) is 0 Å². The van der Waals surface area contributed by atoms with Crippen molar-refractivity contribution in [1.29, 1.82) is 0 Å². The van der Waals surface area contributed by atoms with Crippen molar-refractivity contribution in [2.45, 2.75) is 39.7 Å². The molecule has 0 saturated heterocycles. The third-order valence-corrected chi connectivity index (χ3v) is 2.26. The van der Waals surface area contributed by atoms with Gasteiger partial charge in [-0.3, -0.25) is 0 Å². The first-order valence-corrected chi connectivity index (χ1v) is 4.52. The fourth-order valence-electron chi connectivity index (χ4n) is 0.954. The minimum Gasteiger partial charge on any atom is -0.393 e. The Balaban J connectivity index is 3.61. The molecule has 0 amide bonds. The van der Waals surface area contributed by atoms with E-state index in [9.17, 15) is 5.11 Å². The lowest BCUT2D eigenvalue weighted by Gasteiger charge is -2.13. The maximum Gasteiger partial charge on any atom is 0.0614 e. The lowest BCUT2D eigenvalue weighted by molar-refractivity contribution is 0.130. The third kappa shape index (κ3) is 5.33. The van der Waals surface area contributed by atoms with E-state index < -0.39 is 0 Å². The molecule has 12 heavy (non-hydrogen) atoms. The van der Waals surface area contributed by atoms with Crippen LogP contribution in [-0.4, -0.2) is 22.9 Å². The Morgan fingerprint density at radius 1 is 1.42 bits per heavy atom. The Labute approximate surface area is 74.9 Å². The van der Waals surface area contributed by atoms with Crippen LogP contribution >= 0.6 is 0 Å². The van der Waals surface area contributed by atoms with Gasteiger partial charge in [-0.2, -0.15) is 0 Å². The van der Waals surface area contributed by atoms with E-state index in [1.165, 1.54) is 5.57 Å². The molecule has 2 nitrogen and oxygen atoms in total. The minimum absolute atomic E-state index is 0.120. The first-order valence-electron chi connectivity index (χ1n) is 4.52. The second-order valence-corrected chi connectivity index (χ2v) is 3.49. The molecule has 2 unspecified atom stereocenters. The molecule has 0 saturated carbocycles. The van der Waals surface area contributed by atoms with Crippen molar-refractivity contribution >= 4 is 0 Å². The lowest BCUT2D eigenvalue weighted by atomic mass is 9.97. The highest BCUT2D eigenvalue weighted by atomic mass is 16.3. The molecule has 0 aromatic carbocycles. The van der Waals surface area contributed by atoms with E-state index in [1.807, 2.05) is 26.8 Å². The van der Waals surface area contributed by atoms with Gasteiger partial charge >= 0.3 is 0 Å². The van der Waals surface area contributed by atoms with E-state index >= 15 is 0 Å². The molecule has 0 bridgehead atoms. The zero-order valence-electron chi connectivity index (χ0n) is 8.25. The van der Waals surface area contributed by atoms with Crippen LogP contribution in [0.15, 0.2) is 11.6 Å². The number of allylic oxidation sites excluding steroid dienone is 1. The summed E-state index contributed by atoms with van der Waals surface area (Å²) in [7, 11) is 0. The van der Waals surface area contributed by atoms with Crippen LogP contribution < -0.4 is 0 Å². The van der Waals surface area contributed by atoms with Gasteiger partial charge in [0.25, 0.3) is 0 Å². The molecule has 0 aromatic heterocycles. The number of hydrogen-bond acceptors (Lipinski definition) is 2. The average molecular weight is 172 g/mol. The summed E-state index contributed by atoms with van der Waals surface area (Å²) in [6.07, 6.45) is 3.54. The number of aliphatic hydroxyl groups is 2. The van der Waals surface area contributed by atoms with Gasteiger partial charge in [0.1, 0.15) is 0 Å². The van der Waals surface area contributed by atoms with Crippen LogP contribution in [-0.2, 0) is 0 Å². The average Bonchev–Trinajstić information content (AvgIpc) is 2.00. The Bertz CT molecular complexity index is 139. The van der Waals surface area contributed by atoms with Gasteiger partial charge in [-0.05, 0) is 32.6 Å². The van der Waals surface area contributed by atoms with E-state index in [4.69, 9.17) is 5.11 Å². The number of hydrogen-bond donors (Lipinski definition) is 2. The molecule has 0 rings (SSSR count). The summed E-state index contributed by atoms with van der Waals surface area (Å²) >= 11 is 0. The van der Waals surface area contributed by atoms with E-state index in [-0.39, 0.29) is 12.7 Å². The Hall–Kier alpha value is -0.340. The molecular formula is C10H20O2. The molecule has 0 aromatic rings. The smallest absolute Gasteiger partial charge is 0.0614 e. The van der Waals surface area contributed by atoms with Gasteiger partial charge in [0.2, 0.25) is 0 Å². The zero-order chi connectivity index (χ0) is 9.56. The maximum absolute atomic E-state index is 9.19. The van der Waals surface area contributed by atoms with E-state index in [0.717, 1.165) is 12.8 Å². The first kappa shape index (κ1) is 11.7. The summed E-state index contributed by atoms with van der Waals surface area (Å²) in [6, 6.07) is 0. The van der Waals surface area contributed by atoms with E-state index in [1.54, 1.807) is 0 Å². The summed E-state index contributed by atoms with van der Waals surface area (Å²) in [6.45, 7) is 5.98. The van der Waals surface area contributed by atoms with Gasteiger partial charge in [-0.15, -0.1) is 0 Å². The molecule has 2 atom stereocenters. The lowest BCUT2D eigenvalue weighted by Crippen LogP contribution is -2.12. The molecule has 2 heteroatoms. The van der Waals surface area contributed by atoms with Crippen molar-refractivity contribution < 1.29 is 10.2 Å². The molecule has 0 radical (unpaired) electrons. The maximum atomic E-state index is 9.19. The normalized spacial score (nSPS) is 17.6. The van der Waals surface area contributed by atoms with Gasteiger partial charge < -0.3 is 10.2 Å². The molecule has 0 aliphatic rings. The number of aliphatic hydroxyl groups excluding tert-OH is 2. The highest BCUT2D eigenvalue weighted by molar-refractivity contribution is 4.97. The topological polar surface area (TPSA) is 40.5 Å². The van der Waals surface area contributed by atoms with Crippen molar-refractivity contribution in [2.75, 3.05) is 6.61 Å². The first-order chi connectivity index (χ1) is 5.57. The van der Waals surface area contributed by atoms with Crippen LogP contribution in [0, 0.1) is 5.92 Å². The molecule has 72 valence electrons. The summed E-state index contributed by atoms with van der Waals surface area (Å²) < 4.78 is 0. The summed E-state index contributed by atoms with van der Waals surface area (Å²) in [5.74, 6) is 0.340. The number of rotatable bonds is 5. The quantitative estimate of drug-likeness (QED) is 0.620. The van der Waals surface area contributed by atoms with Gasteiger partial charge in [0, 0.05) is 0 Å². The van der Waals surface area contributed by atoms with Crippen LogP contribution in [0.25, 0.3) is 0 Å². The molecule has 0 aliphatic heterocycles. The van der Waals surface area contributed by atoms with Crippen LogP contribution in [0.4, 0.5) is 0 Å². The van der Waals surface area contributed by atoms with Crippen LogP contribution in [0.2, 0.25) is 0 Å². The minimum atomic E-state index is -0.230. The van der Waals surface area contributed by atoms with Gasteiger partial charge in [0.15, 0.2) is 0 Å². The summed E-state index contributed by atoms with van der Waals surface area (Å²) in [4.78, 5) is 0.